The number of aryl methyl sites for hydroxylation is 2. The van der Waals surface area contributed by atoms with E-state index < -0.39 is 0 Å². The summed E-state index contributed by atoms with van der Waals surface area (Å²) >= 11 is 9.17. The summed E-state index contributed by atoms with van der Waals surface area (Å²) in [6.45, 7) is 3.20. The Morgan fingerprint density at radius 2 is 1.17 bits per heavy atom. The summed E-state index contributed by atoms with van der Waals surface area (Å²) in [4.78, 5) is 26.0. The summed E-state index contributed by atoms with van der Waals surface area (Å²) < 4.78 is 0.510. The molecule has 2 rings (SSSR count). The van der Waals surface area contributed by atoms with E-state index in [2.05, 4.69) is 54.8 Å². The van der Waals surface area contributed by atoms with Gasteiger partial charge in [-0.1, -0.05) is 0 Å². The van der Waals surface area contributed by atoms with Gasteiger partial charge in [-0.2, -0.15) is 10.2 Å². The van der Waals surface area contributed by atoms with E-state index in [4.69, 9.17) is 0 Å². The molecular weight excluding hydrogens is 276 g/mol. The maximum absolute atomic E-state index is 10.6. The van der Waals surface area contributed by atoms with Gasteiger partial charge in [-0.3, -0.25) is 29.8 Å². The Morgan fingerprint density at radius 1 is 0.833 bits per heavy atom. The Hall–Kier alpha value is -1.94. The molecule has 2 heterocycles. The number of H-pyrrole nitrogens is 4. The molecule has 0 spiro atoms. The average molecular weight is 286 g/mol. The van der Waals surface area contributed by atoms with Gasteiger partial charge >= 0.3 is 0 Å². The fourth-order valence-corrected chi connectivity index (χ4v) is 1.09. The lowest BCUT2D eigenvalue weighted by Gasteiger charge is -1.85. The van der Waals surface area contributed by atoms with Crippen LogP contribution in [0.3, 0.4) is 0 Å². The van der Waals surface area contributed by atoms with Crippen molar-refractivity contribution in [3.05, 3.63) is 41.6 Å². The lowest BCUT2D eigenvalue weighted by molar-refractivity contribution is 0.881. The topological polar surface area (TPSA) is 123 Å². The van der Waals surface area contributed by atoms with Crippen molar-refractivity contribution in [2.45, 2.75) is 13.8 Å². The predicted molar refractivity (Wildman–Crippen MR) is 69.6 cm³/mol. The standard InChI is InChI=1S/2C4H5N3OS/c2*1-2-3(8)5-4(9)7-6-2/h2*1H3,(H2,5,7,8,9). The van der Waals surface area contributed by atoms with Gasteiger partial charge in [-0.25, -0.2) is 0 Å². The van der Waals surface area contributed by atoms with E-state index >= 15 is 0 Å². The Balaban J connectivity index is 0.000000180. The lowest BCUT2D eigenvalue weighted by atomic mass is 10.5. The van der Waals surface area contributed by atoms with Crippen LogP contribution < -0.4 is 11.1 Å². The third-order valence-electron chi connectivity index (χ3n) is 1.76. The largest absolute Gasteiger partial charge is 0.297 e. The molecule has 18 heavy (non-hydrogen) atoms. The molecule has 0 unspecified atom stereocenters. The summed E-state index contributed by atoms with van der Waals surface area (Å²) in [7, 11) is 0. The third-order valence-corrected chi connectivity index (χ3v) is 2.15. The summed E-state index contributed by atoms with van der Waals surface area (Å²) in [5.41, 5.74) is 0.310. The Morgan fingerprint density at radius 3 is 1.39 bits per heavy atom. The summed E-state index contributed by atoms with van der Waals surface area (Å²) in [6.07, 6.45) is 0. The first kappa shape index (κ1) is 14.1. The van der Waals surface area contributed by atoms with E-state index in [1.165, 1.54) is 0 Å². The minimum Gasteiger partial charge on any atom is -0.297 e. The molecule has 10 heteroatoms. The van der Waals surface area contributed by atoms with Crippen LogP contribution in [0.25, 0.3) is 0 Å². The van der Waals surface area contributed by atoms with Gasteiger partial charge in [-0.15, -0.1) is 0 Å². The van der Waals surface area contributed by atoms with Crippen molar-refractivity contribution in [3.63, 3.8) is 0 Å². The highest BCUT2D eigenvalue weighted by molar-refractivity contribution is 7.71. The lowest BCUT2D eigenvalue weighted by Crippen LogP contribution is -2.12. The fourth-order valence-electron chi connectivity index (χ4n) is 0.814. The minimum absolute atomic E-state index is 0.237. The van der Waals surface area contributed by atoms with Crippen LogP contribution in [-0.4, -0.2) is 30.4 Å². The zero-order valence-corrected chi connectivity index (χ0v) is 11.2. The SMILES string of the molecule is Cc1n[nH]c(=S)[nH]c1=O.Cc1n[nH]c(=S)[nH]c1=O. The van der Waals surface area contributed by atoms with Crippen LogP contribution in [0.2, 0.25) is 0 Å². The molecule has 0 saturated heterocycles. The summed E-state index contributed by atoms with van der Waals surface area (Å²) in [5, 5.41) is 12.1. The molecule has 8 nitrogen and oxygen atoms in total. The maximum Gasteiger partial charge on any atom is 0.273 e. The van der Waals surface area contributed by atoms with Crippen molar-refractivity contribution < 1.29 is 0 Å². The number of nitrogens with zero attached hydrogens (tertiary/aromatic N) is 2. The van der Waals surface area contributed by atoms with E-state index in [1.807, 2.05) is 0 Å². The predicted octanol–water partition coefficient (Wildman–Crippen LogP) is 0.272. The van der Waals surface area contributed by atoms with Gasteiger partial charge < -0.3 is 0 Å². The molecular formula is C8H10N6O2S2. The molecule has 0 atom stereocenters. The van der Waals surface area contributed by atoms with Crippen molar-refractivity contribution >= 4 is 24.4 Å². The van der Waals surface area contributed by atoms with Gasteiger partial charge in [-0.05, 0) is 38.3 Å². The molecule has 2 aromatic heterocycles. The molecule has 0 aromatic carbocycles. The van der Waals surface area contributed by atoms with Crippen LogP contribution in [0.4, 0.5) is 0 Å². The number of hydrogen-bond acceptors (Lipinski definition) is 6. The molecule has 0 aliphatic heterocycles. The first-order valence-electron chi connectivity index (χ1n) is 4.71. The second kappa shape index (κ2) is 6.12. The number of nitrogens with one attached hydrogen (secondary N) is 4. The molecule has 0 aliphatic rings. The van der Waals surface area contributed by atoms with Gasteiger partial charge in [0.2, 0.25) is 0 Å². The normalized spacial score (nSPS) is 9.44. The minimum atomic E-state index is -0.237. The smallest absolute Gasteiger partial charge is 0.273 e. The highest BCUT2D eigenvalue weighted by Gasteiger charge is 1.89. The third kappa shape index (κ3) is 4.14. The van der Waals surface area contributed by atoms with Gasteiger partial charge in [0.15, 0.2) is 9.54 Å². The zero-order chi connectivity index (χ0) is 13.7. The van der Waals surface area contributed by atoms with E-state index in [-0.39, 0.29) is 20.7 Å². The quantitative estimate of drug-likeness (QED) is 0.516. The first-order valence-corrected chi connectivity index (χ1v) is 5.53. The van der Waals surface area contributed by atoms with Crippen LogP contribution in [0, 0.1) is 23.4 Å². The molecule has 0 radical (unpaired) electrons. The first-order chi connectivity index (χ1) is 8.40. The number of hydrogen-bond donors (Lipinski definition) is 4. The number of aromatic nitrogens is 6. The zero-order valence-electron chi connectivity index (χ0n) is 9.53. The second-order valence-corrected chi connectivity index (χ2v) is 4.00. The van der Waals surface area contributed by atoms with Crippen LogP contribution in [0.15, 0.2) is 9.59 Å². The van der Waals surface area contributed by atoms with Gasteiger partial charge in [0.05, 0.1) is 0 Å². The summed E-state index contributed by atoms with van der Waals surface area (Å²) in [6, 6.07) is 0. The van der Waals surface area contributed by atoms with Gasteiger partial charge in [0, 0.05) is 0 Å². The van der Waals surface area contributed by atoms with Crippen LogP contribution in [0.1, 0.15) is 11.4 Å². The van der Waals surface area contributed by atoms with E-state index in [0.717, 1.165) is 0 Å². The van der Waals surface area contributed by atoms with Crippen molar-refractivity contribution in [1.82, 2.24) is 30.4 Å². The highest BCUT2D eigenvalue weighted by Crippen LogP contribution is 1.73. The van der Waals surface area contributed by atoms with E-state index in [9.17, 15) is 9.59 Å². The molecule has 4 N–H and O–H groups in total. The average Bonchev–Trinajstić information content (AvgIpc) is 2.30. The summed E-state index contributed by atoms with van der Waals surface area (Å²) in [5.74, 6) is 0. The highest BCUT2D eigenvalue weighted by atomic mass is 32.1. The molecule has 0 aliphatic carbocycles. The van der Waals surface area contributed by atoms with E-state index in [0.29, 0.717) is 11.4 Å². The van der Waals surface area contributed by atoms with Crippen LogP contribution in [-0.2, 0) is 0 Å². The monoisotopic (exact) mass is 286 g/mol. The molecule has 0 amide bonds. The van der Waals surface area contributed by atoms with Crippen molar-refractivity contribution in [1.29, 1.82) is 0 Å². The Bertz CT molecular complexity index is 690. The van der Waals surface area contributed by atoms with Crippen LogP contribution >= 0.6 is 24.4 Å². The molecule has 96 valence electrons. The maximum atomic E-state index is 10.6. The molecule has 0 fully saturated rings. The van der Waals surface area contributed by atoms with Gasteiger partial charge in [0.1, 0.15) is 11.4 Å². The Labute approximate surface area is 111 Å². The second-order valence-electron chi connectivity index (χ2n) is 3.18. The van der Waals surface area contributed by atoms with Crippen molar-refractivity contribution in [3.8, 4) is 0 Å². The van der Waals surface area contributed by atoms with Crippen molar-refractivity contribution in [2.75, 3.05) is 0 Å². The van der Waals surface area contributed by atoms with Crippen LogP contribution in [0.5, 0.6) is 0 Å². The molecule has 0 bridgehead atoms. The number of rotatable bonds is 0. The molecule has 0 saturated carbocycles. The van der Waals surface area contributed by atoms with Gasteiger partial charge in [0.25, 0.3) is 11.1 Å². The fraction of sp³-hybridized carbons (Fsp3) is 0.250. The Kier molecular flexibility index (Phi) is 4.80. The van der Waals surface area contributed by atoms with E-state index in [1.54, 1.807) is 13.8 Å². The van der Waals surface area contributed by atoms with Crippen molar-refractivity contribution in [2.24, 2.45) is 0 Å². The molecule has 2 aromatic rings. The number of aromatic amines is 4.